The molecule has 0 spiro atoms. The van der Waals surface area contributed by atoms with Gasteiger partial charge in [-0.15, -0.1) is 0 Å². The number of nitrogens with zero attached hydrogens (tertiary/aromatic N) is 2. The van der Waals surface area contributed by atoms with E-state index in [-0.39, 0.29) is 24.2 Å². The zero-order chi connectivity index (χ0) is 15.5. The number of benzene rings is 1. The molecule has 2 aromatic rings. The van der Waals surface area contributed by atoms with Crippen LogP contribution in [0.3, 0.4) is 0 Å². The van der Waals surface area contributed by atoms with Gasteiger partial charge in [-0.05, 0) is 30.2 Å². The van der Waals surface area contributed by atoms with Gasteiger partial charge in [0.2, 0.25) is 0 Å². The molecular weight excluding hydrogens is 282 g/mol. The molecule has 0 radical (unpaired) electrons. The lowest BCUT2D eigenvalue weighted by atomic mass is 10.2. The fraction of sp³-hybridized carbons (Fsp3) is 0.188. The number of aliphatic hydroxyl groups excluding tert-OH is 1. The first kappa shape index (κ1) is 14.2. The summed E-state index contributed by atoms with van der Waals surface area (Å²) in [6.45, 7) is 0.0965. The molecule has 1 amide bonds. The molecule has 3 rings (SSSR count). The molecule has 1 aliphatic rings. The number of nitrogens with one attached hydrogen (secondary N) is 1. The third-order valence-electron chi connectivity index (χ3n) is 3.48. The van der Waals surface area contributed by atoms with E-state index in [1.54, 1.807) is 42.7 Å². The number of aromatic nitrogens is 2. The van der Waals surface area contributed by atoms with Gasteiger partial charge < -0.3 is 10.4 Å². The summed E-state index contributed by atoms with van der Waals surface area (Å²) >= 11 is 0. The van der Waals surface area contributed by atoms with Crippen molar-refractivity contribution in [2.75, 3.05) is 11.9 Å². The van der Waals surface area contributed by atoms with Gasteiger partial charge in [-0.3, -0.25) is 9.36 Å². The van der Waals surface area contributed by atoms with Crippen LogP contribution in [0.1, 0.15) is 16.8 Å². The molecule has 6 nitrogen and oxygen atoms in total. The molecular formula is C16H15N3O3. The fourth-order valence-electron chi connectivity index (χ4n) is 2.10. The summed E-state index contributed by atoms with van der Waals surface area (Å²) in [6.07, 6.45) is 4.03. The molecule has 1 aromatic carbocycles. The van der Waals surface area contributed by atoms with E-state index in [1.165, 1.54) is 4.57 Å². The average molecular weight is 297 g/mol. The standard InChI is InChI=1S/C16H15N3O3/c20-10-13-8-12(13)9-19-7-6-14(18-16(19)22)17-15(21)11-4-2-1-3-5-11/h1-7,9,13,20H,8,10H2,(H,17,18,21,22)/b12-9+. The fourth-order valence-corrected chi connectivity index (χ4v) is 2.10. The van der Waals surface area contributed by atoms with Gasteiger partial charge in [-0.1, -0.05) is 18.2 Å². The average Bonchev–Trinajstić information content (AvgIpc) is 3.29. The molecule has 1 aromatic heterocycles. The molecule has 0 aliphatic heterocycles. The van der Waals surface area contributed by atoms with Gasteiger partial charge in [0, 0.05) is 30.5 Å². The van der Waals surface area contributed by atoms with Crippen molar-refractivity contribution < 1.29 is 9.90 Å². The molecule has 1 fully saturated rings. The van der Waals surface area contributed by atoms with Crippen molar-refractivity contribution in [3.05, 3.63) is 64.2 Å². The van der Waals surface area contributed by atoms with Crippen LogP contribution >= 0.6 is 0 Å². The maximum atomic E-state index is 12.0. The van der Waals surface area contributed by atoms with Gasteiger partial charge in [-0.25, -0.2) is 4.79 Å². The molecule has 0 bridgehead atoms. The minimum absolute atomic E-state index is 0.0965. The second-order valence-corrected chi connectivity index (χ2v) is 5.11. The van der Waals surface area contributed by atoms with Crippen molar-refractivity contribution in [1.29, 1.82) is 0 Å². The van der Waals surface area contributed by atoms with Crippen LogP contribution in [0.5, 0.6) is 0 Å². The first-order chi connectivity index (χ1) is 10.7. The topological polar surface area (TPSA) is 84.2 Å². The van der Waals surface area contributed by atoms with E-state index < -0.39 is 5.69 Å². The van der Waals surface area contributed by atoms with Gasteiger partial charge in [-0.2, -0.15) is 4.98 Å². The lowest BCUT2D eigenvalue weighted by Crippen LogP contribution is -2.22. The summed E-state index contributed by atoms with van der Waals surface area (Å²) in [4.78, 5) is 27.7. The summed E-state index contributed by atoms with van der Waals surface area (Å²) in [7, 11) is 0. The Morgan fingerprint density at radius 1 is 1.36 bits per heavy atom. The van der Waals surface area contributed by atoms with Gasteiger partial charge in [0.1, 0.15) is 5.82 Å². The van der Waals surface area contributed by atoms with E-state index in [0.29, 0.717) is 5.56 Å². The SMILES string of the molecule is O=C(Nc1ccn(/C=C2\CC2CO)c(=O)n1)c1ccccc1. The van der Waals surface area contributed by atoms with Gasteiger partial charge in [0.05, 0.1) is 0 Å². The molecule has 0 saturated heterocycles. The van der Waals surface area contributed by atoms with Crippen LogP contribution in [-0.4, -0.2) is 27.2 Å². The highest BCUT2D eigenvalue weighted by molar-refractivity contribution is 6.03. The van der Waals surface area contributed by atoms with E-state index >= 15 is 0 Å². The zero-order valence-corrected chi connectivity index (χ0v) is 11.8. The zero-order valence-electron chi connectivity index (χ0n) is 11.8. The number of rotatable bonds is 4. The van der Waals surface area contributed by atoms with Crippen LogP contribution < -0.4 is 11.0 Å². The minimum Gasteiger partial charge on any atom is -0.396 e. The van der Waals surface area contributed by atoms with E-state index in [4.69, 9.17) is 5.11 Å². The number of aliphatic hydroxyl groups is 1. The normalized spacial score (nSPS) is 18.2. The Morgan fingerprint density at radius 3 is 2.77 bits per heavy atom. The monoisotopic (exact) mass is 297 g/mol. The Kier molecular flexibility index (Phi) is 3.84. The summed E-state index contributed by atoms with van der Waals surface area (Å²) in [6, 6.07) is 10.3. The number of carbonyl (C=O) groups excluding carboxylic acids is 1. The predicted molar refractivity (Wildman–Crippen MR) is 82.4 cm³/mol. The lowest BCUT2D eigenvalue weighted by molar-refractivity contribution is 0.102. The van der Waals surface area contributed by atoms with Crippen molar-refractivity contribution in [2.45, 2.75) is 6.42 Å². The van der Waals surface area contributed by atoms with E-state index in [0.717, 1.165) is 12.0 Å². The number of anilines is 1. The number of hydrogen-bond donors (Lipinski definition) is 2. The first-order valence-electron chi connectivity index (χ1n) is 6.94. The van der Waals surface area contributed by atoms with E-state index in [1.807, 2.05) is 6.07 Å². The van der Waals surface area contributed by atoms with E-state index in [9.17, 15) is 9.59 Å². The molecule has 112 valence electrons. The van der Waals surface area contributed by atoms with Crippen LogP contribution in [0.15, 0.2) is 53.0 Å². The second-order valence-electron chi connectivity index (χ2n) is 5.11. The number of carbonyl (C=O) groups is 1. The molecule has 2 N–H and O–H groups in total. The van der Waals surface area contributed by atoms with Crippen molar-refractivity contribution in [2.24, 2.45) is 5.92 Å². The highest BCUT2D eigenvalue weighted by Gasteiger charge is 2.28. The first-order valence-corrected chi connectivity index (χ1v) is 6.94. The highest BCUT2D eigenvalue weighted by Crippen LogP contribution is 2.37. The van der Waals surface area contributed by atoms with Crippen molar-refractivity contribution >= 4 is 17.9 Å². The van der Waals surface area contributed by atoms with Crippen LogP contribution in [0.25, 0.3) is 6.20 Å². The third kappa shape index (κ3) is 3.12. The van der Waals surface area contributed by atoms with Crippen LogP contribution in [0.4, 0.5) is 5.82 Å². The largest absolute Gasteiger partial charge is 0.396 e. The maximum Gasteiger partial charge on any atom is 0.353 e. The van der Waals surface area contributed by atoms with Crippen molar-refractivity contribution in [1.82, 2.24) is 9.55 Å². The number of hydrogen-bond acceptors (Lipinski definition) is 4. The van der Waals surface area contributed by atoms with Crippen LogP contribution in [-0.2, 0) is 0 Å². The molecule has 1 saturated carbocycles. The summed E-state index contributed by atoms with van der Waals surface area (Å²) in [5, 5.41) is 11.6. The molecule has 22 heavy (non-hydrogen) atoms. The highest BCUT2D eigenvalue weighted by atomic mass is 16.3. The molecule has 1 unspecified atom stereocenters. The smallest absolute Gasteiger partial charge is 0.353 e. The molecule has 1 atom stereocenters. The predicted octanol–water partition coefficient (Wildman–Crippen LogP) is 1.35. The maximum absolute atomic E-state index is 12.0. The number of amides is 1. The molecule has 1 aliphatic carbocycles. The Bertz CT molecular complexity index is 781. The molecule has 6 heteroatoms. The van der Waals surface area contributed by atoms with Gasteiger partial charge >= 0.3 is 5.69 Å². The quantitative estimate of drug-likeness (QED) is 0.892. The Balaban J connectivity index is 1.74. The van der Waals surface area contributed by atoms with Crippen molar-refractivity contribution in [3.63, 3.8) is 0 Å². The van der Waals surface area contributed by atoms with E-state index in [2.05, 4.69) is 10.3 Å². The van der Waals surface area contributed by atoms with Crippen molar-refractivity contribution in [3.8, 4) is 0 Å². The summed E-state index contributed by atoms with van der Waals surface area (Å²) in [5.41, 5.74) is 1.05. The second kappa shape index (κ2) is 5.95. The van der Waals surface area contributed by atoms with Crippen LogP contribution in [0.2, 0.25) is 0 Å². The summed E-state index contributed by atoms with van der Waals surface area (Å²) < 4.78 is 1.35. The van der Waals surface area contributed by atoms with Gasteiger partial charge in [0.25, 0.3) is 5.91 Å². The Morgan fingerprint density at radius 2 is 2.14 bits per heavy atom. The lowest BCUT2D eigenvalue weighted by Gasteiger charge is -2.04. The van der Waals surface area contributed by atoms with Crippen LogP contribution in [0, 0.1) is 5.92 Å². The Labute approximate surface area is 126 Å². The minimum atomic E-state index is -0.470. The third-order valence-corrected chi connectivity index (χ3v) is 3.48. The summed E-state index contributed by atoms with van der Waals surface area (Å²) in [5.74, 6) is 0.0542. The Hall–Kier alpha value is -2.73. The molecule has 1 heterocycles. The van der Waals surface area contributed by atoms with Gasteiger partial charge in [0.15, 0.2) is 0 Å².